The second-order valence-corrected chi connectivity index (χ2v) is 7.18. The van der Waals surface area contributed by atoms with Crippen LogP contribution in [0.3, 0.4) is 0 Å². The summed E-state index contributed by atoms with van der Waals surface area (Å²) in [6, 6.07) is 8.86. The van der Waals surface area contributed by atoms with Crippen molar-refractivity contribution in [2.75, 3.05) is 33.7 Å². The highest BCUT2D eigenvalue weighted by atomic mass is 16.2. The van der Waals surface area contributed by atoms with Gasteiger partial charge in [-0.3, -0.25) is 9.69 Å². The van der Waals surface area contributed by atoms with Gasteiger partial charge >= 0.3 is 0 Å². The zero-order chi connectivity index (χ0) is 17.5. The lowest BCUT2D eigenvalue weighted by atomic mass is 10.0. The number of carbonyl (C=O) groups is 1. The summed E-state index contributed by atoms with van der Waals surface area (Å²) < 4.78 is 0. The lowest BCUT2D eigenvalue weighted by Gasteiger charge is -2.35. The Morgan fingerprint density at radius 3 is 2.62 bits per heavy atom. The molecule has 1 aromatic rings. The number of hydrogen-bond acceptors (Lipinski definition) is 3. The number of likely N-dealkylation sites (tertiary alicyclic amines) is 1. The monoisotopic (exact) mass is 331 g/mol. The van der Waals surface area contributed by atoms with Crippen molar-refractivity contribution in [1.29, 1.82) is 0 Å². The highest BCUT2D eigenvalue weighted by Gasteiger charge is 2.28. The average molecular weight is 332 g/mol. The van der Waals surface area contributed by atoms with Gasteiger partial charge in [0.05, 0.1) is 12.1 Å². The van der Waals surface area contributed by atoms with Crippen LogP contribution in [0.1, 0.15) is 49.8 Å². The molecule has 4 nitrogen and oxygen atoms in total. The lowest BCUT2D eigenvalue weighted by molar-refractivity contribution is -0.127. The Bertz CT molecular complexity index is 510. The molecule has 0 bridgehead atoms. The van der Waals surface area contributed by atoms with Gasteiger partial charge in [-0.25, -0.2) is 0 Å². The number of carbonyl (C=O) groups excluding carboxylic acids is 1. The Morgan fingerprint density at radius 1 is 1.29 bits per heavy atom. The summed E-state index contributed by atoms with van der Waals surface area (Å²) in [5, 5.41) is 3.21. The molecule has 0 spiro atoms. The van der Waals surface area contributed by atoms with Crippen molar-refractivity contribution in [2.45, 2.75) is 51.6 Å². The Balaban J connectivity index is 1.97. The molecule has 1 saturated heterocycles. The molecule has 1 heterocycles. The normalized spacial score (nSPS) is 20.1. The summed E-state index contributed by atoms with van der Waals surface area (Å²) in [6.07, 6.45) is 4.47. The summed E-state index contributed by atoms with van der Waals surface area (Å²) in [5.41, 5.74) is 2.51. The largest absolute Gasteiger partial charge is 0.353 e. The molecule has 2 atom stereocenters. The standard InChI is InChI=1S/C20H33N3O/c1-5-13-23-14-7-6-8-18(23)20(24)21-15-19(22(3)4)17-11-9-16(2)10-12-17/h9-12,18-19H,5-8,13-15H2,1-4H3,(H,21,24). The number of nitrogens with zero attached hydrogens (tertiary/aromatic N) is 2. The fourth-order valence-corrected chi connectivity index (χ4v) is 3.55. The zero-order valence-electron chi connectivity index (χ0n) is 15.7. The van der Waals surface area contributed by atoms with Crippen molar-refractivity contribution in [1.82, 2.24) is 15.1 Å². The van der Waals surface area contributed by atoms with Gasteiger partial charge < -0.3 is 10.2 Å². The molecular formula is C20H33N3O. The first-order chi connectivity index (χ1) is 11.5. The van der Waals surface area contributed by atoms with Crippen molar-refractivity contribution in [3.63, 3.8) is 0 Å². The summed E-state index contributed by atoms with van der Waals surface area (Å²) in [4.78, 5) is 17.3. The third kappa shape index (κ3) is 5.05. The van der Waals surface area contributed by atoms with Gasteiger partial charge in [-0.15, -0.1) is 0 Å². The fourth-order valence-electron chi connectivity index (χ4n) is 3.55. The Kier molecular flexibility index (Phi) is 7.25. The molecule has 134 valence electrons. The maximum Gasteiger partial charge on any atom is 0.237 e. The van der Waals surface area contributed by atoms with Crippen molar-refractivity contribution >= 4 is 5.91 Å². The first-order valence-electron chi connectivity index (χ1n) is 9.27. The van der Waals surface area contributed by atoms with Crippen LogP contribution in [0.2, 0.25) is 0 Å². The number of hydrogen-bond donors (Lipinski definition) is 1. The molecule has 0 aromatic heterocycles. The zero-order valence-corrected chi connectivity index (χ0v) is 15.7. The van der Waals surface area contributed by atoms with E-state index in [0.717, 1.165) is 32.4 Å². The molecule has 1 aliphatic heterocycles. The highest BCUT2D eigenvalue weighted by Crippen LogP contribution is 2.20. The van der Waals surface area contributed by atoms with E-state index in [-0.39, 0.29) is 18.0 Å². The molecule has 2 unspecified atom stereocenters. The third-order valence-corrected chi connectivity index (χ3v) is 4.98. The number of amides is 1. The Labute approximate surface area is 147 Å². The van der Waals surface area contributed by atoms with Gasteiger partial charge in [-0.05, 0) is 58.9 Å². The van der Waals surface area contributed by atoms with Crippen LogP contribution in [-0.2, 0) is 4.79 Å². The van der Waals surface area contributed by atoms with Crippen LogP contribution in [0.25, 0.3) is 0 Å². The number of likely N-dealkylation sites (N-methyl/N-ethyl adjacent to an activating group) is 1. The quantitative estimate of drug-likeness (QED) is 0.834. The maximum atomic E-state index is 12.7. The first kappa shape index (κ1) is 18.9. The first-order valence-corrected chi connectivity index (χ1v) is 9.27. The van der Waals surface area contributed by atoms with Gasteiger partial charge in [0.1, 0.15) is 0 Å². The summed E-state index contributed by atoms with van der Waals surface area (Å²) in [7, 11) is 4.14. The van der Waals surface area contributed by atoms with E-state index in [2.05, 4.69) is 67.3 Å². The smallest absolute Gasteiger partial charge is 0.237 e. The molecule has 4 heteroatoms. The third-order valence-electron chi connectivity index (χ3n) is 4.98. The average Bonchev–Trinajstić information content (AvgIpc) is 2.57. The van der Waals surface area contributed by atoms with E-state index in [4.69, 9.17) is 0 Å². The minimum atomic E-state index is 0.0551. The summed E-state index contributed by atoms with van der Waals surface area (Å²) in [6.45, 7) is 7.02. The number of nitrogens with one attached hydrogen (secondary N) is 1. The number of aryl methyl sites for hydroxylation is 1. The molecule has 1 amide bonds. The van der Waals surface area contributed by atoms with Gasteiger partial charge in [0.25, 0.3) is 0 Å². The van der Waals surface area contributed by atoms with Gasteiger partial charge in [0.15, 0.2) is 0 Å². The second-order valence-electron chi connectivity index (χ2n) is 7.18. The van der Waals surface area contributed by atoms with Gasteiger partial charge in [0.2, 0.25) is 5.91 Å². The fraction of sp³-hybridized carbons (Fsp3) is 0.650. The topological polar surface area (TPSA) is 35.6 Å². The number of rotatable bonds is 7. The molecule has 1 N–H and O–H groups in total. The van der Waals surface area contributed by atoms with Gasteiger partial charge in [-0.2, -0.15) is 0 Å². The predicted octanol–water partition coefficient (Wildman–Crippen LogP) is 2.98. The lowest BCUT2D eigenvalue weighted by Crippen LogP contribution is -2.50. The molecule has 0 radical (unpaired) electrons. The van der Waals surface area contributed by atoms with E-state index in [1.54, 1.807) is 0 Å². The van der Waals surface area contributed by atoms with Crippen LogP contribution < -0.4 is 5.32 Å². The van der Waals surface area contributed by atoms with Crippen molar-refractivity contribution in [2.24, 2.45) is 0 Å². The number of piperidine rings is 1. The second kappa shape index (κ2) is 9.19. The van der Waals surface area contributed by atoms with E-state index in [0.29, 0.717) is 6.54 Å². The van der Waals surface area contributed by atoms with Crippen LogP contribution in [0.4, 0.5) is 0 Å². The van der Waals surface area contributed by atoms with Crippen LogP contribution in [0, 0.1) is 6.92 Å². The summed E-state index contributed by atoms with van der Waals surface area (Å²) >= 11 is 0. The van der Waals surface area contributed by atoms with Crippen molar-refractivity contribution in [3.05, 3.63) is 35.4 Å². The van der Waals surface area contributed by atoms with E-state index < -0.39 is 0 Å². The molecule has 0 aliphatic carbocycles. The molecule has 1 aliphatic rings. The minimum Gasteiger partial charge on any atom is -0.353 e. The molecule has 1 aromatic carbocycles. The molecule has 1 fully saturated rings. The summed E-state index contributed by atoms with van der Waals surface area (Å²) in [5.74, 6) is 0.196. The van der Waals surface area contributed by atoms with Crippen LogP contribution in [-0.4, -0.2) is 55.5 Å². The minimum absolute atomic E-state index is 0.0551. The Morgan fingerprint density at radius 2 is 2.00 bits per heavy atom. The van der Waals surface area contributed by atoms with E-state index >= 15 is 0 Å². The van der Waals surface area contributed by atoms with Crippen molar-refractivity contribution < 1.29 is 4.79 Å². The molecule has 24 heavy (non-hydrogen) atoms. The SMILES string of the molecule is CCCN1CCCCC1C(=O)NCC(c1ccc(C)cc1)N(C)C. The highest BCUT2D eigenvalue weighted by molar-refractivity contribution is 5.81. The van der Waals surface area contributed by atoms with Gasteiger partial charge in [0, 0.05) is 6.54 Å². The van der Waals surface area contributed by atoms with E-state index in [1.807, 2.05) is 0 Å². The predicted molar refractivity (Wildman–Crippen MR) is 100 cm³/mol. The molecular weight excluding hydrogens is 298 g/mol. The van der Waals surface area contributed by atoms with Crippen LogP contribution in [0.5, 0.6) is 0 Å². The van der Waals surface area contributed by atoms with E-state index in [1.165, 1.54) is 17.5 Å². The van der Waals surface area contributed by atoms with Crippen molar-refractivity contribution in [3.8, 4) is 0 Å². The molecule has 0 saturated carbocycles. The van der Waals surface area contributed by atoms with Crippen LogP contribution >= 0.6 is 0 Å². The molecule has 2 rings (SSSR count). The maximum absolute atomic E-state index is 12.7. The van der Waals surface area contributed by atoms with E-state index in [9.17, 15) is 4.79 Å². The van der Waals surface area contributed by atoms with Gasteiger partial charge in [-0.1, -0.05) is 43.2 Å². The number of benzene rings is 1. The van der Waals surface area contributed by atoms with Crippen LogP contribution in [0.15, 0.2) is 24.3 Å². The Hall–Kier alpha value is -1.39.